The minimum Gasteiger partial charge on any atom is -0.310 e. The van der Waals surface area contributed by atoms with Crippen molar-refractivity contribution in [3.63, 3.8) is 0 Å². The average Bonchev–Trinajstić information content (AvgIpc) is 2.24. The smallest absolute Gasteiger partial charge is 0.137 e. The molecule has 0 aliphatic rings. The van der Waals surface area contributed by atoms with Crippen molar-refractivity contribution in [2.24, 2.45) is 0 Å². The van der Waals surface area contributed by atoms with E-state index in [1.807, 2.05) is 0 Å². The second kappa shape index (κ2) is 9.51. The third-order valence-electron chi connectivity index (χ3n) is 1.65. The summed E-state index contributed by atoms with van der Waals surface area (Å²) in [7, 11) is 6.70. The Morgan fingerprint density at radius 3 is 1.57 bits per heavy atom. The summed E-state index contributed by atoms with van der Waals surface area (Å²) in [5.74, 6) is 1.44. The van der Waals surface area contributed by atoms with Gasteiger partial charge in [-0.25, -0.2) is 0 Å². The molecule has 82 valence electrons. The van der Waals surface area contributed by atoms with Crippen molar-refractivity contribution in [1.82, 2.24) is 10.6 Å². The van der Waals surface area contributed by atoms with E-state index >= 15 is 0 Å². The Balaban J connectivity index is 3.44. The van der Waals surface area contributed by atoms with Crippen LogP contribution < -0.4 is 10.6 Å². The van der Waals surface area contributed by atoms with Crippen molar-refractivity contribution in [2.45, 2.75) is 12.1 Å². The summed E-state index contributed by atoms with van der Waals surface area (Å²) in [6.45, 7) is 0. The van der Waals surface area contributed by atoms with E-state index in [-0.39, 0.29) is 12.1 Å². The van der Waals surface area contributed by atoms with Crippen LogP contribution in [0.25, 0.3) is 0 Å². The molecule has 0 fully saturated rings. The Morgan fingerprint density at radius 2 is 1.36 bits per heavy atom. The van der Waals surface area contributed by atoms with Gasteiger partial charge < -0.3 is 20.2 Å². The van der Waals surface area contributed by atoms with Gasteiger partial charge in [0.1, 0.15) is 12.6 Å². The molecule has 2 atom stereocenters. The molecule has 0 aliphatic heterocycles. The topological polar surface area (TPSA) is 58.2 Å². The number of carbonyl (C=O) groups excluding carboxylic acids is 2. The highest BCUT2D eigenvalue weighted by atomic mass is 33.1. The molecule has 0 bridgehead atoms. The lowest BCUT2D eigenvalue weighted by atomic mass is 10.4. The lowest BCUT2D eigenvalue weighted by Gasteiger charge is -2.09. The van der Waals surface area contributed by atoms with Crippen LogP contribution in [-0.2, 0) is 9.59 Å². The van der Waals surface area contributed by atoms with E-state index in [4.69, 9.17) is 0 Å². The first-order valence-electron chi connectivity index (χ1n) is 4.28. The van der Waals surface area contributed by atoms with Gasteiger partial charge >= 0.3 is 0 Å². The summed E-state index contributed by atoms with van der Waals surface area (Å²) in [6, 6.07) is -0.200. The largest absolute Gasteiger partial charge is 0.310 e. The highest BCUT2D eigenvalue weighted by molar-refractivity contribution is 8.76. The average molecular weight is 236 g/mol. The number of rotatable bonds is 9. The lowest BCUT2D eigenvalue weighted by Crippen LogP contribution is -2.30. The molecule has 0 amide bonds. The van der Waals surface area contributed by atoms with Crippen molar-refractivity contribution >= 4 is 34.2 Å². The predicted octanol–water partition coefficient (Wildman–Crippen LogP) is -0.0584. The third kappa shape index (κ3) is 6.42. The Kier molecular flexibility index (Phi) is 9.49. The summed E-state index contributed by atoms with van der Waals surface area (Å²) in [5.41, 5.74) is 0. The molecule has 14 heavy (non-hydrogen) atoms. The predicted molar refractivity (Wildman–Crippen MR) is 62.7 cm³/mol. The van der Waals surface area contributed by atoms with Crippen LogP contribution in [0, 0.1) is 0 Å². The molecule has 0 rings (SSSR count). The highest BCUT2D eigenvalue weighted by Gasteiger charge is 2.06. The van der Waals surface area contributed by atoms with Gasteiger partial charge in [0.15, 0.2) is 0 Å². The first-order chi connectivity index (χ1) is 6.78. The number of nitrogens with one attached hydrogen (secondary N) is 2. The van der Waals surface area contributed by atoms with Crippen LogP contribution in [0.3, 0.4) is 0 Å². The van der Waals surface area contributed by atoms with Gasteiger partial charge in [-0.3, -0.25) is 0 Å². The zero-order valence-corrected chi connectivity index (χ0v) is 9.99. The van der Waals surface area contributed by atoms with E-state index in [0.717, 1.165) is 24.1 Å². The molecule has 0 aromatic carbocycles. The van der Waals surface area contributed by atoms with E-state index in [2.05, 4.69) is 10.6 Å². The molecular weight excluding hydrogens is 220 g/mol. The summed E-state index contributed by atoms with van der Waals surface area (Å²) in [5, 5.41) is 5.76. The Hall–Kier alpha value is -0.0400. The fraction of sp³-hybridized carbons (Fsp3) is 0.750. The molecule has 0 aliphatic carbocycles. The molecule has 0 saturated heterocycles. The van der Waals surface area contributed by atoms with Gasteiger partial charge in [-0.2, -0.15) is 0 Å². The molecule has 4 nitrogen and oxygen atoms in total. The fourth-order valence-corrected chi connectivity index (χ4v) is 3.06. The highest BCUT2D eigenvalue weighted by Crippen LogP contribution is 2.21. The van der Waals surface area contributed by atoms with Crippen molar-refractivity contribution in [3.8, 4) is 0 Å². The number of aldehydes is 2. The van der Waals surface area contributed by atoms with Crippen LogP contribution in [0.4, 0.5) is 0 Å². The molecule has 0 spiro atoms. The van der Waals surface area contributed by atoms with Crippen molar-refractivity contribution in [1.29, 1.82) is 0 Å². The molecule has 0 aromatic heterocycles. The van der Waals surface area contributed by atoms with Gasteiger partial charge in [-0.15, -0.1) is 0 Å². The van der Waals surface area contributed by atoms with Gasteiger partial charge in [0.25, 0.3) is 0 Å². The normalized spacial score (nSPS) is 14.7. The summed E-state index contributed by atoms with van der Waals surface area (Å²) >= 11 is 0. The molecule has 0 aromatic rings. The number of likely N-dealkylation sites (N-methyl/N-ethyl adjacent to an activating group) is 2. The minimum absolute atomic E-state index is 0.100. The molecule has 0 radical (unpaired) electrons. The van der Waals surface area contributed by atoms with Crippen LogP contribution in [0.2, 0.25) is 0 Å². The van der Waals surface area contributed by atoms with Gasteiger partial charge in [0.2, 0.25) is 0 Å². The Labute approximate surface area is 92.4 Å². The maximum atomic E-state index is 10.4. The maximum absolute atomic E-state index is 10.4. The van der Waals surface area contributed by atoms with Crippen LogP contribution in [-0.4, -0.2) is 50.3 Å². The van der Waals surface area contributed by atoms with E-state index in [1.54, 1.807) is 35.7 Å². The SMILES string of the molecule is CN[C@H](C=O)CSSC[C@@H](C=O)NC. The number of hydrogen-bond acceptors (Lipinski definition) is 6. The van der Waals surface area contributed by atoms with Crippen molar-refractivity contribution in [3.05, 3.63) is 0 Å². The van der Waals surface area contributed by atoms with Gasteiger partial charge in [0.05, 0.1) is 12.1 Å². The zero-order valence-electron chi connectivity index (χ0n) is 8.36. The zero-order chi connectivity index (χ0) is 10.8. The van der Waals surface area contributed by atoms with E-state index in [1.165, 1.54) is 0 Å². The summed E-state index contributed by atoms with van der Waals surface area (Å²) in [6.07, 6.45) is 1.78. The minimum atomic E-state index is -0.100. The second-order valence-electron chi connectivity index (χ2n) is 2.63. The van der Waals surface area contributed by atoms with Crippen molar-refractivity contribution in [2.75, 3.05) is 25.6 Å². The second-order valence-corrected chi connectivity index (χ2v) is 5.18. The van der Waals surface area contributed by atoms with Gasteiger partial charge in [-0.05, 0) is 14.1 Å². The first-order valence-corrected chi connectivity index (χ1v) is 6.76. The molecule has 0 heterocycles. The van der Waals surface area contributed by atoms with E-state index in [9.17, 15) is 9.59 Å². The third-order valence-corrected chi connectivity index (χ3v) is 4.12. The number of hydrogen-bond donors (Lipinski definition) is 2. The van der Waals surface area contributed by atoms with Gasteiger partial charge in [-0.1, -0.05) is 21.6 Å². The Bertz CT molecular complexity index is 151. The first kappa shape index (κ1) is 14.0. The van der Waals surface area contributed by atoms with E-state index < -0.39 is 0 Å². The van der Waals surface area contributed by atoms with Crippen LogP contribution >= 0.6 is 21.6 Å². The molecule has 0 saturated carbocycles. The standard InChI is InChI=1S/C8H16N2O2S2/c1-9-7(3-11)5-13-14-6-8(4-12)10-2/h3-4,7-10H,5-6H2,1-2H3/t7-,8-/m1/s1. The molecular formula is C8H16N2O2S2. The van der Waals surface area contributed by atoms with Crippen LogP contribution in [0.15, 0.2) is 0 Å². The van der Waals surface area contributed by atoms with Crippen LogP contribution in [0.5, 0.6) is 0 Å². The molecule has 2 N–H and O–H groups in total. The summed E-state index contributed by atoms with van der Waals surface area (Å²) < 4.78 is 0. The lowest BCUT2D eigenvalue weighted by molar-refractivity contribution is -0.109. The Morgan fingerprint density at radius 1 is 1.00 bits per heavy atom. The van der Waals surface area contributed by atoms with Gasteiger partial charge in [0, 0.05) is 11.5 Å². The van der Waals surface area contributed by atoms with E-state index in [0.29, 0.717) is 0 Å². The van der Waals surface area contributed by atoms with Crippen LogP contribution in [0.1, 0.15) is 0 Å². The molecule has 6 heteroatoms. The summed E-state index contributed by atoms with van der Waals surface area (Å²) in [4.78, 5) is 20.8. The fourth-order valence-electron chi connectivity index (χ4n) is 0.624. The number of carbonyl (C=O) groups is 2. The maximum Gasteiger partial charge on any atom is 0.137 e. The quantitative estimate of drug-likeness (QED) is 0.332. The molecule has 0 unspecified atom stereocenters. The monoisotopic (exact) mass is 236 g/mol. The van der Waals surface area contributed by atoms with Crippen molar-refractivity contribution < 1.29 is 9.59 Å².